The van der Waals surface area contributed by atoms with E-state index < -0.39 is 0 Å². The molecule has 0 saturated heterocycles. The molecule has 0 radical (unpaired) electrons. The number of rotatable bonds is 5. The van der Waals surface area contributed by atoms with E-state index >= 15 is 0 Å². The lowest BCUT2D eigenvalue weighted by molar-refractivity contribution is 0.0347. The molecule has 1 aliphatic rings. The van der Waals surface area contributed by atoms with Crippen LogP contribution in [0.5, 0.6) is 0 Å². The van der Waals surface area contributed by atoms with Gasteiger partial charge in [-0.3, -0.25) is 0 Å². The summed E-state index contributed by atoms with van der Waals surface area (Å²) in [6.45, 7) is 3.39. The van der Waals surface area contributed by atoms with Gasteiger partial charge in [0, 0.05) is 12.1 Å². The van der Waals surface area contributed by atoms with E-state index in [1.807, 2.05) is 6.92 Å². The highest BCUT2D eigenvalue weighted by Crippen LogP contribution is 2.20. The molecule has 1 aromatic heterocycles. The van der Waals surface area contributed by atoms with Crippen LogP contribution in [0.2, 0.25) is 0 Å². The summed E-state index contributed by atoms with van der Waals surface area (Å²) < 4.78 is 5.84. The van der Waals surface area contributed by atoms with Crippen LogP contribution in [-0.2, 0) is 4.74 Å². The van der Waals surface area contributed by atoms with Crippen LogP contribution in [0.25, 0.3) is 0 Å². The summed E-state index contributed by atoms with van der Waals surface area (Å²) in [5.41, 5.74) is 6.62. The largest absolute Gasteiger partial charge is 0.383 e. The van der Waals surface area contributed by atoms with Gasteiger partial charge < -0.3 is 15.8 Å². The molecule has 1 aliphatic carbocycles. The molecule has 5 nitrogen and oxygen atoms in total. The molecule has 0 bridgehead atoms. The van der Waals surface area contributed by atoms with Crippen molar-refractivity contribution < 1.29 is 4.74 Å². The van der Waals surface area contributed by atoms with E-state index in [1.165, 1.54) is 38.4 Å². The van der Waals surface area contributed by atoms with Crippen molar-refractivity contribution in [3.63, 3.8) is 0 Å². The molecule has 5 heteroatoms. The Morgan fingerprint density at radius 2 is 2.11 bits per heavy atom. The highest BCUT2D eigenvalue weighted by atomic mass is 16.5. The zero-order valence-electron chi connectivity index (χ0n) is 11.0. The maximum atomic E-state index is 5.84. The lowest BCUT2D eigenvalue weighted by Gasteiger charge is -2.22. The lowest BCUT2D eigenvalue weighted by atomic mass is 9.98. The van der Waals surface area contributed by atoms with Crippen molar-refractivity contribution in [3.8, 4) is 0 Å². The van der Waals surface area contributed by atoms with Crippen molar-refractivity contribution >= 4 is 11.6 Å². The molecule has 1 heterocycles. The van der Waals surface area contributed by atoms with Crippen molar-refractivity contribution in [2.75, 3.05) is 24.2 Å². The molecule has 1 fully saturated rings. The summed E-state index contributed by atoms with van der Waals surface area (Å²) >= 11 is 0. The van der Waals surface area contributed by atoms with E-state index in [9.17, 15) is 0 Å². The molecule has 18 heavy (non-hydrogen) atoms. The Labute approximate surface area is 108 Å². The second-order valence-electron chi connectivity index (χ2n) is 4.79. The van der Waals surface area contributed by atoms with Crippen molar-refractivity contribution in [2.24, 2.45) is 0 Å². The Kier molecular flexibility index (Phi) is 4.75. The molecule has 0 aromatic carbocycles. The monoisotopic (exact) mass is 250 g/mol. The number of anilines is 2. The van der Waals surface area contributed by atoms with Gasteiger partial charge in [-0.05, 0) is 19.8 Å². The number of nitrogen functional groups attached to an aromatic ring is 1. The first kappa shape index (κ1) is 13.1. The first-order valence-electron chi connectivity index (χ1n) is 6.70. The van der Waals surface area contributed by atoms with E-state index in [4.69, 9.17) is 10.5 Å². The summed E-state index contributed by atoms with van der Waals surface area (Å²) in [6, 6.07) is 0. The van der Waals surface area contributed by atoms with Gasteiger partial charge in [0.2, 0.25) is 0 Å². The normalized spacial score (nSPS) is 16.7. The number of ether oxygens (including phenoxy) is 1. The molecule has 1 aromatic rings. The van der Waals surface area contributed by atoms with E-state index in [2.05, 4.69) is 15.3 Å². The predicted molar refractivity (Wildman–Crippen MR) is 72.5 cm³/mol. The van der Waals surface area contributed by atoms with Crippen LogP contribution in [0.15, 0.2) is 6.33 Å². The molecule has 0 aliphatic heterocycles. The van der Waals surface area contributed by atoms with E-state index in [1.54, 1.807) is 0 Å². The minimum Gasteiger partial charge on any atom is -0.383 e. The third-order valence-electron chi connectivity index (χ3n) is 3.42. The summed E-state index contributed by atoms with van der Waals surface area (Å²) in [4.78, 5) is 8.10. The summed E-state index contributed by atoms with van der Waals surface area (Å²) in [7, 11) is 0. The van der Waals surface area contributed by atoms with Crippen LogP contribution in [-0.4, -0.2) is 29.2 Å². The maximum Gasteiger partial charge on any atom is 0.134 e. The number of nitrogens with two attached hydrogens (primary N) is 1. The van der Waals surface area contributed by atoms with Gasteiger partial charge in [-0.15, -0.1) is 0 Å². The Bertz CT molecular complexity index is 377. The second kappa shape index (κ2) is 6.54. The smallest absolute Gasteiger partial charge is 0.134 e. The van der Waals surface area contributed by atoms with Gasteiger partial charge in [-0.1, -0.05) is 19.3 Å². The molecular weight excluding hydrogens is 228 g/mol. The lowest BCUT2D eigenvalue weighted by Crippen LogP contribution is -2.21. The average molecular weight is 250 g/mol. The van der Waals surface area contributed by atoms with Crippen LogP contribution in [0.3, 0.4) is 0 Å². The number of nitrogens with zero attached hydrogens (tertiary/aromatic N) is 2. The van der Waals surface area contributed by atoms with Gasteiger partial charge in [0.15, 0.2) is 0 Å². The van der Waals surface area contributed by atoms with Crippen LogP contribution in [0.1, 0.15) is 37.7 Å². The molecule has 1 saturated carbocycles. The van der Waals surface area contributed by atoms with Crippen molar-refractivity contribution in [2.45, 2.75) is 45.1 Å². The minimum absolute atomic E-state index is 0.456. The molecule has 3 N–H and O–H groups in total. The highest BCUT2D eigenvalue weighted by Gasteiger charge is 2.13. The summed E-state index contributed by atoms with van der Waals surface area (Å²) in [5.74, 6) is 1.33. The molecule has 0 amide bonds. The van der Waals surface area contributed by atoms with Gasteiger partial charge in [0.05, 0.1) is 12.7 Å². The third-order valence-corrected chi connectivity index (χ3v) is 3.42. The highest BCUT2D eigenvalue weighted by molar-refractivity contribution is 5.53. The Morgan fingerprint density at radius 3 is 2.89 bits per heavy atom. The third kappa shape index (κ3) is 3.57. The Balaban J connectivity index is 1.70. The summed E-state index contributed by atoms with van der Waals surface area (Å²) in [6.07, 6.45) is 8.32. The molecule has 0 spiro atoms. The van der Waals surface area contributed by atoms with Crippen molar-refractivity contribution in [1.29, 1.82) is 0 Å². The van der Waals surface area contributed by atoms with Gasteiger partial charge in [-0.2, -0.15) is 0 Å². The van der Waals surface area contributed by atoms with Crippen LogP contribution in [0.4, 0.5) is 11.6 Å². The van der Waals surface area contributed by atoms with Gasteiger partial charge in [-0.25, -0.2) is 9.97 Å². The number of nitrogens with one attached hydrogen (secondary N) is 1. The summed E-state index contributed by atoms with van der Waals surface area (Å²) in [5, 5.41) is 3.24. The zero-order valence-corrected chi connectivity index (χ0v) is 11.0. The van der Waals surface area contributed by atoms with Gasteiger partial charge in [0.1, 0.15) is 18.0 Å². The second-order valence-corrected chi connectivity index (χ2v) is 4.79. The Morgan fingerprint density at radius 1 is 1.33 bits per heavy atom. The van der Waals surface area contributed by atoms with E-state index in [-0.39, 0.29) is 0 Å². The average Bonchev–Trinajstić information content (AvgIpc) is 2.40. The molecule has 0 unspecified atom stereocenters. The fourth-order valence-electron chi connectivity index (χ4n) is 2.27. The van der Waals surface area contributed by atoms with Gasteiger partial charge in [0.25, 0.3) is 0 Å². The topological polar surface area (TPSA) is 73.1 Å². The molecule has 100 valence electrons. The van der Waals surface area contributed by atoms with E-state index in [0.717, 1.165) is 17.9 Å². The minimum atomic E-state index is 0.456. The molecule has 2 rings (SSSR count). The quantitative estimate of drug-likeness (QED) is 0.783. The fraction of sp³-hybridized carbons (Fsp3) is 0.692. The number of aromatic nitrogens is 2. The van der Waals surface area contributed by atoms with Crippen LogP contribution in [0, 0.1) is 6.92 Å². The maximum absolute atomic E-state index is 5.84. The SMILES string of the molecule is Cc1c(N)ncnc1NCCOC1CCCCC1. The zero-order chi connectivity index (χ0) is 12.8. The number of hydrogen-bond donors (Lipinski definition) is 2. The van der Waals surface area contributed by atoms with Crippen molar-refractivity contribution in [1.82, 2.24) is 9.97 Å². The predicted octanol–water partition coefficient (Wildman–Crippen LogP) is 2.13. The first-order chi connectivity index (χ1) is 8.77. The van der Waals surface area contributed by atoms with Gasteiger partial charge >= 0.3 is 0 Å². The standard InChI is InChI=1S/C13H22N4O/c1-10-12(14)16-9-17-13(10)15-7-8-18-11-5-3-2-4-6-11/h9,11H,2-8H2,1H3,(H3,14,15,16,17). The van der Waals surface area contributed by atoms with Crippen LogP contribution < -0.4 is 11.1 Å². The van der Waals surface area contributed by atoms with E-state index in [0.29, 0.717) is 18.5 Å². The molecular formula is C13H22N4O. The van der Waals surface area contributed by atoms with Crippen molar-refractivity contribution in [3.05, 3.63) is 11.9 Å². The first-order valence-corrected chi connectivity index (χ1v) is 6.70. The molecule has 0 atom stereocenters. The van der Waals surface area contributed by atoms with Crippen LogP contribution >= 0.6 is 0 Å². The fourth-order valence-corrected chi connectivity index (χ4v) is 2.27. The Hall–Kier alpha value is -1.36. The number of hydrogen-bond acceptors (Lipinski definition) is 5.